The summed E-state index contributed by atoms with van der Waals surface area (Å²) in [5.41, 5.74) is 0.748. The second-order valence-electron chi connectivity index (χ2n) is 5.53. The Bertz CT molecular complexity index is 505. The lowest BCUT2D eigenvalue weighted by Crippen LogP contribution is -2.57. The smallest absolute Gasteiger partial charge is 0.258 e. The SMILES string of the molecule is O=C1c2cc(Br)oc2CN1C1CN2CCC1CC2. The van der Waals surface area contributed by atoms with Crippen molar-refractivity contribution in [3.63, 3.8) is 0 Å². The number of halogens is 1. The molecule has 2 bridgehead atoms. The van der Waals surface area contributed by atoms with Gasteiger partial charge in [0.25, 0.3) is 5.91 Å². The van der Waals surface area contributed by atoms with Crippen LogP contribution in [0.5, 0.6) is 0 Å². The van der Waals surface area contributed by atoms with Gasteiger partial charge in [-0.25, -0.2) is 0 Å². The van der Waals surface area contributed by atoms with Crippen LogP contribution in [0.4, 0.5) is 0 Å². The van der Waals surface area contributed by atoms with E-state index in [0.717, 1.165) is 17.9 Å². The minimum Gasteiger partial charge on any atom is -0.452 e. The van der Waals surface area contributed by atoms with E-state index in [1.807, 2.05) is 4.90 Å². The molecule has 4 aliphatic heterocycles. The minimum atomic E-state index is 0.151. The van der Waals surface area contributed by atoms with Gasteiger partial charge in [-0.1, -0.05) is 0 Å². The van der Waals surface area contributed by atoms with Crippen LogP contribution >= 0.6 is 15.9 Å². The number of amides is 1. The molecule has 5 heterocycles. The summed E-state index contributed by atoms with van der Waals surface area (Å²) in [7, 11) is 0. The van der Waals surface area contributed by atoms with Crippen molar-refractivity contribution in [2.45, 2.75) is 25.4 Å². The maximum atomic E-state index is 12.4. The van der Waals surface area contributed by atoms with E-state index in [1.165, 1.54) is 25.9 Å². The number of carbonyl (C=O) groups excluding carboxylic acids is 1. The van der Waals surface area contributed by atoms with Crippen molar-refractivity contribution >= 4 is 21.8 Å². The molecule has 1 amide bonds. The van der Waals surface area contributed by atoms with Crippen LogP contribution in [0.15, 0.2) is 15.2 Å². The highest BCUT2D eigenvalue weighted by Crippen LogP contribution is 2.36. The third-order valence-corrected chi connectivity index (χ3v) is 5.00. The van der Waals surface area contributed by atoms with E-state index in [1.54, 1.807) is 6.07 Å². The zero-order valence-electron chi connectivity index (χ0n) is 10.1. The van der Waals surface area contributed by atoms with Crippen LogP contribution < -0.4 is 0 Å². The number of nitrogens with zero attached hydrogens (tertiary/aromatic N) is 2. The largest absolute Gasteiger partial charge is 0.452 e. The molecule has 0 aromatic carbocycles. The molecule has 4 aliphatic rings. The molecule has 0 spiro atoms. The lowest BCUT2D eigenvalue weighted by Gasteiger charge is -2.47. The third-order valence-electron chi connectivity index (χ3n) is 4.61. The van der Waals surface area contributed by atoms with E-state index in [0.29, 0.717) is 23.2 Å². The third kappa shape index (κ3) is 1.50. The maximum absolute atomic E-state index is 12.4. The highest BCUT2D eigenvalue weighted by molar-refractivity contribution is 9.10. The van der Waals surface area contributed by atoms with Crippen LogP contribution in [0, 0.1) is 5.92 Å². The molecule has 0 radical (unpaired) electrons. The number of hydrogen-bond donors (Lipinski definition) is 0. The van der Waals surface area contributed by atoms with Crippen LogP contribution in [0.25, 0.3) is 0 Å². The highest BCUT2D eigenvalue weighted by Gasteiger charge is 2.43. The Balaban J connectivity index is 1.61. The zero-order chi connectivity index (χ0) is 12.3. The van der Waals surface area contributed by atoms with Crippen molar-refractivity contribution in [1.29, 1.82) is 0 Å². The molecule has 18 heavy (non-hydrogen) atoms. The van der Waals surface area contributed by atoms with Crippen LogP contribution in [0.3, 0.4) is 0 Å². The lowest BCUT2D eigenvalue weighted by atomic mass is 9.83. The number of furan rings is 1. The maximum Gasteiger partial charge on any atom is 0.258 e. The van der Waals surface area contributed by atoms with E-state index in [4.69, 9.17) is 4.42 Å². The van der Waals surface area contributed by atoms with Gasteiger partial charge in [-0.15, -0.1) is 0 Å². The Kier molecular flexibility index (Phi) is 2.36. The van der Waals surface area contributed by atoms with Gasteiger partial charge in [-0.2, -0.15) is 0 Å². The first kappa shape index (κ1) is 11.1. The van der Waals surface area contributed by atoms with Crippen LogP contribution in [-0.2, 0) is 6.54 Å². The molecule has 1 aromatic rings. The first-order valence-electron chi connectivity index (χ1n) is 6.54. The van der Waals surface area contributed by atoms with Crippen LogP contribution in [0.2, 0.25) is 0 Å². The highest BCUT2D eigenvalue weighted by atomic mass is 79.9. The molecule has 5 heteroatoms. The average Bonchev–Trinajstić information content (AvgIpc) is 2.89. The molecule has 0 N–H and O–H groups in total. The molecule has 0 saturated carbocycles. The molecule has 4 nitrogen and oxygen atoms in total. The van der Waals surface area contributed by atoms with Gasteiger partial charge < -0.3 is 14.2 Å². The topological polar surface area (TPSA) is 36.7 Å². The predicted molar refractivity (Wildman–Crippen MR) is 69.2 cm³/mol. The van der Waals surface area contributed by atoms with Crippen molar-refractivity contribution in [2.24, 2.45) is 5.92 Å². The normalized spacial score (nSPS) is 34.2. The van der Waals surface area contributed by atoms with E-state index in [-0.39, 0.29) is 5.91 Å². The molecule has 3 fully saturated rings. The number of carbonyl (C=O) groups is 1. The fourth-order valence-corrected chi connectivity index (χ4v) is 4.05. The summed E-state index contributed by atoms with van der Waals surface area (Å²) in [5.74, 6) is 1.66. The molecule has 0 aliphatic carbocycles. The van der Waals surface area contributed by atoms with Gasteiger partial charge in [0.1, 0.15) is 5.76 Å². The number of fused-ring (bicyclic) bond motifs is 4. The lowest BCUT2D eigenvalue weighted by molar-refractivity contribution is 0.00711. The van der Waals surface area contributed by atoms with E-state index < -0.39 is 0 Å². The molecule has 1 unspecified atom stereocenters. The summed E-state index contributed by atoms with van der Waals surface area (Å²) in [6.45, 7) is 4.10. The average molecular weight is 311 g/mol. The molecule has 5 rings (SSSR count). The molecule has 3 saturated heterocycles. The summed E-state index contributed by atoms with van der Waals surface area (Å²) in [6.07, 6.45) is 2.47. The van der Waals surface area contributed by atoms with Gasteiger partial charge in [0, 0.05) is 18.7 Å². The Hall–Kier alpha value is -0.810. The van der Waals surface area contributed by atoms with Crippen molar-refractivity contribution in [3.05, 3.63) is 22.1 Å². The Morgan fingerprint density at radius 2 is 2.11 bits per heavy atom. The molecule has 96 valence electrons. The van der Waals surface area contributed by atoms with Crippen LogP contribution in [-0.4, -0.2) is 41.4 Å². The Morgan fingerprint density at radius 1 is 1.33 bits per heavy atom. The second-order valence-corrected chi connectivity index (χ2v) is 6.31. The van der Waals surface area contributed by atoms with Crippen molar-refractivity contribution in [2.75, 3.05) is 19.6 Å². The Labute approximate surface area is 114 Å². The van der Waals surface area contributed by atoms with E-state index >= 15 is 0 Å². The summed E-state index contributed by atoms with van der Waals surface area (Å²) >= 11 is 3.29. The number of piperidine rings is 3. The zero-order valence-corrected chi connectivity index (χ0v) is 11.6. The predicted octanol–water partition coefficient (Wildman–Crippen LogP) is 2.09. The molecule has 1 aromatic heterocycles. The van der Waals surface area contributed by atoms with Crippen molar-refractivity contribution in [3.8, 4) is 0 Å². The monoisotopic (exact) mass is 310 g/mol. The van der Waals surface area contributed by atoms with Gasteiger partial charge >= 0.3 is 0 Å². The molecular formula is C13H15BrN2O2. The molecular weight excluding hydrogens is 296 g/mol. The van der Waals surface area contributed by atoms with Gasteiger partial charge in [0.2, 0.25) is 0 Å². The fraction of sp³-hybridized carbons (Fsp3) is 0.615. The first-order chi connectivity index (χ1) is 8.72. The van der Waals surface area contributed by atoms with E-state index in [2.05, 4.69) is 20.8 Å². The standard InChI is InChI=1S/C13H15BrN2O2/c14-12-5-9-11(18-12)7-16(13(9)17)10-6-15-3-1-8(10)2-4-15/h5,8,10H,1-4,6-7H2. The number of hydrogen-bond acceptors (Lipinski definition) is 3. The van der Waals surface area contributed by atoms with Gasteiger partial charge in [0.15, 0.2) is 4.67 Å². The summed E-state index contributed by atoms with van der Waals surface area (Å²) < 4.78 is 6.20. The van der Waals surface area contributed by atoms with Crippen LogP contribution in [0.1, 0.15) is 29.0 Å². The number of rotatable bonds is 1. The summed E-state index contributed by atoms with van der Waals surface area (Å²) in [6, 6.07) is 2.19. The van der Waals surface area contributed by atoms with E-state index in [9.17, 15) is 4.79 Å². The van der Waals surface area contributed by atoms with Crippen molar-refractivity contribution in [1.82, 2.24) is 9.80 Å². The summed E-state index contributed by atoms with van der Waals surface area (Å²) in [4.78, 5) is 16.9. The first-order valence-corrected chi connectivity index (χ1v) is 7.33. The Morgan fingerprint density at radius 3 is 2.72 bits per heavy atom. The molecule has 1 atom stereocenters. The van der Waals surface area contributed by atoms with Gasteiger partial charge in [0.05, 0.1) is 12.1 Å². The quantitative estimate of drug-likeness (QED) is 0.797. The second kappa shape index (κ2) is 3.84. The van der Waals surface area contributed by atoms with Crippen molar-refractivity contribution < 1.29 is 9.21 Å². The fourth-order valence-electron chi connectivity index (χ4n) is 3.63. The van der Waals surface area contributed by atoms with Gasteiger partial charge in [-0.05, 0) is 47.8 Å². The summed E-state index contributed by atoms with van der Waals surface area (Å²) in [5, 5.41) is 0. The minimum absolute atomic E-state index is 0.151. The van der Waals surface area contributed by atoms with Gasteiger partial charge in [-0.3, -0.25) is 4.79 Å².